The minimum absolute atomic E-state index is 0.0150. The summed E-state index contributed by atoms with van der Waals surface area (Å²) >= 11 is 3.59. The average molecular weight is 562 g/mol. The molecule has 1 heterocycles. The van der Waals surface area contributed by atoms with E-state index in [0.717, 1.165) is 31.2 Å². The van der Waals surface area contributed by atoms with Gasteiger partial charge in [-0.15, -0.1) is 0 Å². The van der Waals surface area contributed by atoms with Crippen LogP contribution >= 0.6 is 15.9 Å². The van der Waals surface area contributed by atoms with Gasteiger partial charge in [-0.2, -0.15) is 0 Å². The Morgan fingerprint density at radius 3 is 2.64 bits per heavy atom. The van der Waals surface area contributed by atoms with Gasteiger partial charge in [-0.1, -0.05) is 48.9 Å². The monoisotopic (exact) mass is 560 g/mol. The number of rotatable bonds is 12. The molecule has 1 aliphatic carbocycles. The molecule has 196 valence electrons. The van der Waals surface area contributed by atoms with Gasteiger partial charge in [-0.05, 0) is 85.5 Å². The number of ether oxygens (including phenoxy) is 2. The number of ketones is 1. The Balaban J connectivity index is 1.81. The summed E-state index contributed by atoms with van der Waals surface area (Å²) in [6, 6.07) is 6.79. The molecule has 1 aromatic carbocycles. The number of benzene rings is 1. The highest BCUT2D eigenvalue weighted by Crippen LogP contribution is 2.57. The van der Waals surface area contributed by atoms with E-state index in [1.165, 1.54) is 24.8 Å². The Morgan fingerprint density at radius 1 is 1.25 bits per heavy atom. The van der Waals surface area contributed by atoms with Crippen LogP contribution in [0.5, 0.6) is 0 Å². The maximum atomic E-state index is 13.7. The second-order valence-electron chi connectivity index (χ2n) is 10.4. The van der Waals surface area contributed by atoms with Crippen LogP contribution in [-0.2, 0) is 24.5 Å². The van der Waals surface area contributed by atoms with E-state index < -0.39 is 0 Å². The van der Waals surface area contributed by atoms with Crippen LogP contribution in [0, 0.1) is 23.6 Å². The third kappa shape index (κ3) is 6.83. The van der Waals surface area contributed by atoms with Crippen LogP contribution in [-0.4, -0.2) is 31.6 Å². The summed E-state index contributed by atoms with van der Waals surface area (Å²) in [5.74, 6) is -0.166. The van der Waals surface area contributed by atoms with Crippen LogP contribution in [0.4, 0.5) is 4.39 Å². The van der Waals surface area contributed by atoms with Gasteiger partial charge >= 0.3 is 5.97 Å². The third-order valence-electron chi connectivity index (χ3n) is 7.58. The number of hydrogen-bond acceptors (Lipinski definition) is 4. The van der Waals surface area contributed by atoms with Crippen molar-refractivity contribution in [3.63, 3.8) is 0 Å². The number of hydrogen-bond donors (Lipinski definition) is 0. The first-order chi connectivity index (χ1) is 17.2. The second kappa shape index (κ2) is 13.0. The summed E-state index contributed by atoms with van der Waals surface area (Å²) in [5.41, 5.74) is 2.07. The van der Waals surface area contributed by atoms with Gasteiger partial charge in [-0.3, -0.25) is 9.59 Å². The summed E-state index contributed by atoms with van der Waals surface area (Å²) in [7, 11) is 1.41. The van der Waals surface area contributed by atoms with Crippen molar-refractivity contribution < 1.29 is 23.5 Å². The molecule has 0 spiro atoms. The predicted octanol–water partition coefficient (Wildman–Crippen LogP) is 7.23. The van der Waals surface area contributed by atoms with Gasteiger partial charge in [0.05, 0.1) is 24.3 Å². The van der Waals surface area contributed by atoms with E-state index in [0.29, 0.717) is 23.9 Å². The molecule has 0 amide bonds. The molecule has 36 heavy (non-hydrogen) atoms. The fourth-order valence-electron chi connectivity index (χ4n) is 5.50. The number of carbonyl (C=O) groups excluding carboxylic acids is 2. The van der Waals surface area contributed by atoms with Crippen molar-refractivity contribution in [1.29, 1.82) is 0 Å². The van der Waals surface area contributed by atoms with Crippen molar-refractivity contribution in [1.82, 2.24) is 0 Å². The first kappa shape index (κ1) is 28.5. The Kier molecular flexibility index (Phi) is 10.3. The molecule has 5 atom stereocenters. The smallest absolute Gasteiger partial charge is 0.305 e. The molecule has 1 unspecified atom stereocenters. The van der Waals surface area contributed by atoms with Gasteiger partial charge in [-0.25, -0.2) is 4.39 Å². The van der Waals surface area contributed by atoms with E-state index in [4.69, 9.17) is 9.47 Å². The molecule has 0 N–H and O–H groups in total. The molecule has 0 aromatic heterocycles. The molecule has 0 radical (unpaired) electrons. The summed E-state index contributed by atoms with van der Waals surface area (Å²) in [4.78, 5) is 24.4. The van der Waals surface area contributed by atoms with Crippen molar-refractivity contribution in [2.75, 3.05) is 13.7 Å². The zero-order valence-electron chi connectivity index (χ0n) is 21.8. The number of esters is 1. The largest absolute Gasteiger partial charge is 0.469 e. The molecule has 2 fully saturated rings. The van der Waals surface area contributed by atoms with Gasteiger partial charge in [0.15, 0.2) is 5.78 Å². The molecule has 3 rings (SSSR count). The van der Waals surface area contributed by atoms with E-state index in [9.17, 15) is 14.0 Å². The standard InChI is InChI=1S/C30H38BrFO4/c1-20(2)11-12-21(3)29(34)26(31)17-24-25(9-7-5-6-8-10-28(33)35-4)30(18-27(24)36-19-30)22-13-15-23(32)16-14-22/h5,7,11,13-17,21,24-25,27H,6,8-10,12,18-19H2,1-4H3/b7-5-,26-17+/t21?,24-,25-,27-,30-/m0/s1. The number of halogens is 2. The zero-order chi connectivity index (χ0) is 26.3. The second-order valence-corrected chi connectivity index (χ2v) is 11.2. The number of Topliss-reactive ketones (excluding diaryl/α,β-unsaturated/α-hetero) is 1. The Hall–Kier alpha value is -2.05. The average Bonchev–Trinajstić information content (AvgIpc) is 3.42. The van der Waals surface area contributed by atoms with E-state index >= 15 is 0 Å². The highest BCUT2D eigenvalue weighted by atomic mass is 79.9. The lowest BCUT2D eigenvalue weighted by molar-refractivity contribution is -0.140. The number of fused-ring (bicyclic) bond motifs is 2. The van der Waals surface area contributed by atoms with E-state index in [2.05, 4.69) is 40.2 Å². The first-order valence-electron chi connectivity index (χ1n) is 12.8. The minimum atomic E-state index is -0.249. The highest BCUT2D eigenvalue weighted by Gasteiger charge is 2.58. The number of unbranched alkanes of at least 4 members (excludes halogenated alkanes) is 1. The summed E-state index contributed by atoms with van der Waals surface area (Å²) in [5, 5.41) is 0. The summed E-state index contributed by atoms with van der Waals surface area (Å²) in [6.07, 6.45) is 12.8. The molecule has 4 nitrogen and oxygen atoms in total. The third-order valence-corrected chi connectivity index (χ3v) is 8.24. The van der Waals surface area contributed by atoms with E-state index in [1.54, 1.807) is 0 Å². The Bertz CT molecular complexity index is 1010. The van der Waals surface area contributed by atoms with Crippen LogP contribution in [0.3, 0.4) is 0 Å². The SMILES string of the molecule is COC(=O)CCC/C=C\C[C@H]1[C@H](/C=C(/Br)C(=O)C(C)CC=C(C)C)[C@@H]2C[C@@]1(c1ccc(F)cc1)CO2. The zero-order valence-corrected chi connectivity index (χ0v) is 23.4. The minimum Gasteiger partial charge on any atom is -0.469 e. The first-order valence-corrected chi connectivity index (χ1v) is 13.6. The lowest BCUT2D eigenvalue weighted by Crippen LogP contribution is -2.39. The molecular weight excluding hydrogens is 523 g/mol. The van der Waals surface area contributed by atoms with Gasteiger partial charge in [0.2, 0.25) is 0 Å². The van der Waals surface area contributed by atoms with Crippen LogP contribution in [0.25, 0.3) is 0 Å². The molecule has 1 saturated heterocycles. The van der Waals surface area contributed by atoms with E-state index in [1.807, 2.05) is 32.9 Å². The van der Waals surface area contributed by atoms with Crippen molar-refractivity contribution in [3.05, 3.63) is 70.0 Å². The Labute approximate surface area is 223 Å². The van der Waals surface area contributed by atoms with E-state index in [-0.39, 0.29) is 46.8 Å². The molecule has 6 heteroatoms. The Morgan fingerprint density at radius 2 is 1.97 bits per heavy atom. The molecular formula is C30H38BrFO4. The molecule has 2 aliphatic rings. The van der Waals surface area contributed by atoms with Crippen LogP contribution in [0.2, 0.25) is 0 Å². The molecule has 1 aliphatic heterocycles. The van der Waals surface area contributed by atoms with Crippen LogP contribution < -0.4 is 0 Å². The normalized spacial score (nSPS) is 26.3. The fraction of sp³-hybridized carbons (Fsp3) is 0.533. The van der Waals surface area contributed by atoms with Crippen molar-refractivity contribution in [2.24, 2.45) is 17.8 Å². The van der Waals surface area contributed by atoms with Crippen molar-refractivity contribution >= 4 is 27.7 Å². The van der Waals surface area contributed by atoms with Crippen molar-refractivity contribution in [2.45, 2.75) is 70.8 Å². The quantitative estimate of drug-likeness (QED) is 0.117. The van der Waals surface area contributed by atoms with Crippen LogP contribution in [0.1, 0.15) is 64.9 Å². The van der Waals surface area contributed by atoms with Gasteiger partial charge in [0.25, 0.3) is 0 Å². The lowest BCUT2D eigenvalue weighted by Gasteiger charge is -2.38. The van der Waals surface area contributed by atoms with Gasteiger partial charge in [0, 0.05) is 23.7 Å². The number of methoxy groups -OCH3 is 1. The highest BCUT2D eigenvalue weighted by molar-refractivity contribution is 9.12. The molecule has 1 saturated carbocycles. The summed E-state index contributed by atoms with van der Waals surface area (Å²) < 4.78 is 25.3. The number of carbonyl (C=O) groups is 2. The summed E-state index contributed by atoms with van der Waals surface area (Å²) in [6.45, 7) is 6.63. The maximum Gasteiger partial charge on any atom is 0.305 e. The topological polar surface area (TPSA) is 52.6 Å². The number of allylic oxidation sites excluding steroid dienone is 5. The predicted molar refractivity (Wildman–Crippen MR) is 144 cm³/mol. The van der Waals surface area contributed by atoms with Gasteiger partial charge < -0.3 is 9.47 Å². The fourth-order valence-corrected chi connectivity index (χ4v) is 6.20. The maximum absolute atomic E-state index is 13.7. The van der Waals surface area contributed by atoms with Crippen molar-refractivity contribution in [3.8, 4) is 0 Å². The van der Waals surface area contributed by atoms with Crippen LogP contribution in [0.15, 0.2) is 58.6 Å². The van der Waals surface area contributed by atoms with Gasteiger partial charge in [0.1, 0.15) is 5.82 Å². The lowest BCUT2D eigenvalue weighted by atomic mass is 9.69. The molecule has 2 bridgehead atoms. The molecule has 1 aromatic rings.